The van der Waals surface area contributed by atoms with Crippen LogP contribution < -0.4 is 15.5 Å². The Hall–Kier alpha value is -4.08. The van der Waals surface area contributed by atoms with Crippen molar-refractivity contribution >= 4 is 41.2 Å². The molecule has 10 heteroatoms. The van der Waals surface area contributed by atoms with E-state index in [0.717, 1.165) is 22.6 Å². The van der Waals surface area contributed by atoms with Crippen molar-refractivity contribution in [3.63, 3.8) is 0 Å². The number of allylic oxidation sites excluding steroid dienone is 1. The van der Waals surface area contributed by atoms with E-state index in [1.54, 1.807) is 19.2 Å². The topological polar surface area (TPSA) is 93.4 Å². The van der Waals surface area contributed by atoms with E-state index in [1.165, 1.54) is 11.8 Å². The summed E-state index contributed by atoms with van der Waals surface area (Å²) in [5.41, 5.74) is 5.36. The van der Waals surface area contributed by atoms with Gasteiger partial charge < -0.3 is 14.6 Å². The van der Waals surface area contributed by atoms with E-state index in [1.807, 2.05) is 83.4 Å². The first kappa shape index (κ1) is 27.9. The molecule has 0 aliphatic heterocycles. The number of ether oxygens (including phenoxy) is 1. The van der Waals surface area contributed by atoms with Crippen LogP contribution in [0.1, 0.15) is 23.9 Å². The summed E-state index contributed by atoms with van der Waals surface area (Å²) in [5, 5.41) is 16.9. The molecular formula is C29H29ClN6O2S. The molecule has 4 aromatic rings. The quantitative estimate of drug-likeness (QED) is 0.0909. The molecule has 8 nitrogen and oxygen atoms in total. The monoisotopic (exact) mass is 560 g/mol. The molecular weight excluding hydrogens is 532 g/mol. The molecule has 0 bridgehead atoms. The number of hydrogen-bond donors (Lipinski definition) is 2. The first-order chi connectivity index (χ1) is 19.0. The highest BCUT2D eigenvalue weighted by Gasteiger charge is 2.19. The van der Waals surface area contributed by atoms with E-state index < -0.39 is 5.25 Å². The van der Waals surface area contributed by atoms with Crippen LogP contribution in [0.5, 0.6) is 5.75 Å². The number of nitrogens with zero attached hydrogens (tertiary/aromatic N) is 4. The van der Waals surface area contributed by atoms with Crippen molar-refractivity contribution in [3.05, 3.63) is 113 Å². The van der Waals surface area contributed by atoms with Gasteiger partial charge in [0.1, 0.15) is 12.4 Å². The number of aromatic nitrogens is 3. The Balaban J connectivity index is 1.33. The largest absolute Gasteiger partial charge is 0.488 e. The third kappa shape index (κ3) is 8.20. The predicted molar refractivity (Wildman–Crippen MR) is 157 cm³/mol. The van der Waals surface area contributed by atoms with E-state index in [2.05, 4.69) is 32.6 Å². The predicted octanol–water partition coefficient (Wildman–Crippen LogP) is 5.94. The van der Waals surface area contributed by atoms with Crippen LogP contribution in [0.2, 0.25) is 5.02 Å². The van der Waals surface area contributed by atoms with Crippen LogP contribution in [-0.4, -0.2) is 32.1 Å². The lowest BCUT2D eigenvalue weighted by molar-refractivity contribution is -0.120. The summed E-state index contributed by atoms with van der Waals surface area (Å²) in [6.45, 7) is 7.04. The van der Waals surface area contributed by atoms with Crippen LogP contribution in [0, 0.1) is 0 Å². The van der Waals surface area contributed by atoms with E-state index in [0.29, 0.717) is 35.6 Å². The van der Waals surface area contributed by atoms with Crippen LogP contribution >= 0.6 is 23.4 Å². The van der Waals surface area contributed by atoms with Crippen LogP contribution in [0.25, 0.3) is 0 Å². The molecule has 4 rings (SSSR count). The molecule has 0 aliphatic carbocycles. The fraction of sp³-hybridized carbons (Fsp3) is 0.172. The third-order valence-electron chi connectivity index (χ3n) is 5.59. The van der Waals surface area contributed by atoms with E-state index >= 15 is 0 Å². The van der Waals surface area contributed by atoms with Gasteiger partial charge in [-0.25, -0.2) is 5.43 Å². The molecule has 1 unspecified atom stereocenters. The summed E-state index contributed by atoms with van der Waals surface area (Å²) in [6, 6.07) is 24.9. The van der Waals surface area contributed by atoms with Gasteiger partial charge in [-0.15, -0.1) is 16.8 Å². The Bertz CT molecular complexity index is 1410. The lowest BCUT2D eigenvalue weighted by Gasteiger charge is -2.12. The second-order valence-electron chi connectivity index (χ2n) is 8.46. The van der Waals surface area contributed by atoms with Crippen molar-refractivity contribution in [2.24, 2.45) is 5.10 Å². The number of carbonyl (C=O) groups is 1. The molecule has 1 atom stereocenters. The highest BCUT2D eigenvalue weighted by molar-refractivity contribution is 8.00. The van der Waals surface area contributed by atoms with Gasteiger partial charge in [0.05, 0.1) is 18.0 Å². The Morgan fingerprint density at radius 1 is 1.10 bits per heavy atom. The Morgan fingerprint density at radius 2 is 1.85 bits per heavy atom. The molecule has 39 heavy (non-hydrogen) atoms. The SMILES string of the molecule is C=CCn1c(CNc2ccc(Cl)cc2)nnc1SC(C)C(=O)N/N=C/c1ccccc1OCc1ccccc1. The molecule has 1 heterocycles. The zero-order valence-corrected chi connectivity index (χ0v) is 23.0. The molecule has 0 saturated carbocycles. The summed E-state index contributed by atoms with van der Waals surface area (Å²) in [6.07, 6.45) is 3.35. The van der Waals surface area contributed by atoms with E-state index in [-0.39, 0.29) is 5.91 Å². The molecule has 0 fully saturated rings. The van der Waals surface area contributed by atoms with Gasteiger partial charge in [0.15, 0.2) is 11.0 Å². The molecule has 0 aliphatic rings. The van der Waals surface area contributed by atoms with Crippen LogP contribution in [0.4, 0.5) is 5.69 Å². The maximum Gasteiger partial charge on any atom is 0.253 e. The zero-order chi connectivity index (χ0) is 27.5. The van der Waals surface area contributed by atoms with Gasteiger partial charge in [0.2, 0.25) is 0 Å². The summed E-state index contributed by atoms with van der Waals surface area (Å²) < 4.78 is 7.88. The Morgan fingerprint density at radius 3 is 2.62 bits per heavy atom. The number of amides is 1. The van der Waals surface area contributed by atoms with Gasteiger partial charge in [-0.3, -0.25) is 4.79 Å². The van der Waals surface area contributed by atoms with Gasteiger partial charge in [-0.1, -0.05) is 71.9 Å². The van der Waals surface area contributed by atoms with E-state index in [4.69, 9.17) is 16.3 Å². The highest BCUT2D eigenvalue weighted by Crippen LogP contribution is 2.23. The second-order valence-corrected chi connectivity index (χ2v) is 10.2. The van der Waals surface area contributed by atoms with Crippen molar-refractivity contribution in [2.75, 3.05) is 5.32 Å². The minimum atomic E-state index is -0.462. The number of benzene rings is 3. The Kier molecular flexibility index (Phi) is 10.2. The number of anilines is 1. The van der Waals surface area contributed by atoms with Gasteiger partial charge in [0, 0.05) is 22.8 Å². The first-order valence-corrected chi connectivity index (χ1v) is 13.6. The number of hydrazone groups is 1. The summed E-state index contributed by atoms with van der Waals surface area (Å²) in [4.78, 5) is 12.8. The molecule has 3 aromatic carbocycles. The summed E-state index contributed by atoms with van der Waals surface area (Å²) in [7, 11) is 0. The number of nitrogens with one attached hydrogen (secondary N) is 2. The van der Waals surface area contributed by atoms with Crippen LogP contribution in [-0.2, 0) is 24.5 Å². The van der Waals surface area contributed by atoms with Gasteiger partial charge in [0.25, 0.3) is 5.91 Å². The minimum Gasteiger partial charge on any atom is -0.488 e. The molecule has 0 saturated heterocycles. The number of para-hydroxylation sites is 1. The second kappa shape index (κ2) is 14.2. The maximum atomic E-state index is 12.8. The zero-order valence-electron chi connectivity index (χ0n) is 21.5. The van der Waals surface area contributed by atoms with Gasteiger partial charge in [-0.2, -0.15) is 5.10 Å². The standard InChI is InChI=1S/C29H29ClN6O2S/c1-3-17-36-27(19-31-25-15-13-24(30)14-16-25)33-35-29(36)39-21(2)28(37)34-32-18-23-11-7-8-12-26(23)38-20-22-9-5-4-6-10-22/h3-16,18,21,31H,1,17,19-20H2,2H3,(H,34,37)/b32-18+. The number of carbonyl (C=O) groups excluding carboxylic acids is 1. The normalized spacial score (nSPS) is 11.7. The fourth-order valence-electron chi connectivity index (χ4n) is 3.52. The molecule has 0 radical (unpaired) electrons. The first-order valence-electron chi connectivity index (χ1n) is 12.3. The third-order valence-corrected chi connectivity index (χ3v) is 6.92. The van der Waals surface area contributed by atoms with Crippen molar-refractivity contribution in [1.82, 2.24) is 20.2 Å². The van der Waals surface area contributed by atoms with Crippen LogP contribution in [0.15, 0.2) is 102 Å². The molecule has 0 spiro atoms. The van der Waals surface area contributed by atoms with Gasteiger partial charge in [-0.05, 0) is 48.9 Å². The Labute approximate surface area is 237 Å². The summed E-state index contributed by atoms with van der Waals surface area (Å²) in [5.74, 6) is 1.15. The minimum absolute atomic E-state index is 0.257. The van der Waals surface area contributed by atoms with Crippen LogP contribution in [0.3, 0.4) is 0 Å². The molecule has 1 amide bonds. The lowest BCUT2D eigenvalue weighted by atomic mass is 10.2. The highest BCUT2D eigenvalue weighted by atomic mass is 35.5. The molecule has 2 N–H and O–H groups in total. The fourth-order valence-corrected chi connectivity index (χ4v) is 4.52. The summed E-state index contributed by atoms with van der Waals surface area (Å²) >= 11 is 7.26. The average molecular weight is 561 g/mol. The van der Waals surface area contributed by atoms with Crippen molar-refractivity contribution < 1.29 is 9.53 Å². The number of halogens is 1. The van der Waals surface area contributed by atoms with Crippen molar-refractivity contribution in [2.45, 2.75) is 37.0 Å². The number of hydrogen-bond acceptors (Lipinski definition) is 7. The number of thioether (sulfide) groups is 1. The van der Waals surface area contributed by atoms with E-state index in [9.17, 15) is 4.79 Å². The average Bonchev–Trinajstić information content (AvgIpc) is 3.33. The lowest BCUT2D eigenvalue weighted by Crippen LogP contribution is -2.27. The molecule has 1 aromatic heterocycles. The van der Waals surface area contributed by atoms with Crippen molar-refractivity contribution in [3.8, 4) is 5.75 Å². The van der Waals surface area contributed by atoms with Crippen molar-refractivity contribution in [1.29, 1.82) is 0 Å². The maximum absolute atomic E-state index is 12.8. The smallest absolute Gasteiger partial charge is 0.253 e. The van der Waals surface area contributed by atoms with Gasteiger partial charge >= 0.3 is 0 Å². The molecule has 200 valence electrons. The number of rotatable bonds is 13.